The summed E-state index contributed by atoms with van der Waals surface area (Å²) in [4.78, 5) is 25.5. The molecule has 0 aromatic heterocycles. The number of carbonyl (C=O) groups is 2. The number of ether oxygens (including phenoxy) is 1. The smallest absolute Gasteiger partial charge is 0.387 e. The Morgan fingerprint density at radius 1 is 1.00 bits per heavy atom. The molecule has 0 fully saturated rings. The molecular weight excluding hydrogens is 316 g/mol. The molecule has 0 bridgehead atoms. The first kappa shape index (κ1) is 14.5. The highest BCUT2D eigenvalue weighted by molar-refractivity contribution is 6.36. The number of fused-ring (bicyclic) bond motifs is 1. The average Bonchev–Trinajstić information content (AvgIpc) is 2.73. The van der Waals surface area contributed by atoms with Crippen molar-refractivity contribution in [2.24, 2.45) is 0 Å². The number of amides is 2. The molecule has 0 radical (unpaired) electrons. The molecular formula is C15H8ClF2NO3. The summed E-state index contributed by atoms with van der Waals surface area (Å²) in [5.74, 6) is -1.20. The summed E-state index contributed by atoms with van der Waals surface area (Å²) in [6.07, 6.45) is 0. The van der Waals surface area contributed by atoms with Crippen LogP contribution in [0.4, 0.5) is 14.5 Å². The van der Waals surface area contributed by atoms with E-state index < -0.39 is 18.4 Å². The van der Waals surface area contributed by atoms with E-state index in [9.17, 15) is 18.4 Å². The van der Waals surface area contributed by atoms with E-state index >= 15 is 0 Å². The molecule has 0 N–H and O–H groups in total. The lowest BCUT2D eigenvalue weighted by Crippen LogP contribution is -2.29. The van der Waals surface area contributed by atoms with Crippen molar-refractivity contribution in [3.05, 3.63) is 58.6 Å². The number of anilines is 1. The van der Waals surface area contributed by atoms with Crippen LogP contribution in [-0.4, -0.2) is 18.4 Å². The Labute approximate surface area is 128 Å². The molecule has 3 rings (SSSR count). The Hall–Kier alpha value is -2.47. The van der Waals surface area contributed by atoms with E-state index in [0.29, 0.717) is 0 Å². The van der Waals surface area contributed by atoms with E-state index in [1.165, 1.54) is 18.2 Å². The van der Waals surface area contributed by atoms with E-state index in [-0.39, 0.29) is 27.6 Å². The fourth-order valence-corrected chi connectivity index (χ4v) is 2.46. The zero-order chi connectivity index (χ0) is 15.9. The van der Waals surface area contributed by atoms with E-state index in [0.717, 1.165) is 4.90 Å². The summed E-state index contributed by atoms with van der Waals surface area (Å²) < 4.78 is 28.6. The summed E-state index contributed by atoms with van der Waals surface area (Å²) in [7, 11) is 0. The van der Waals surface area contributed by atoms with Crippen LogP contribution in [0.1, 0.15) is 20.7 Å². The molecule has 2 aromatic carbocycles. The lowest BCUT2D eigenvalue weighted by atomic mass is 10.1. The topological polar surface area (TPSA) is 46.6 Å². The molecule has 4 nitrogen and oxygen atoms in total. The Bertz CT molecular complexity index is 744. The number of nitrogens with zero attached hydrogens (tertiary/aromatic N) is 1. The quantitative estimate of drug-likeness (QED) is 0.808. The molecule has 112 valence electrons. The molecule has 0 atom stereocenters. The van der Waals surface area contributed by atoms with Crippen LogP contribution in [0.15, 0.2) is 42.5 Å². The van der Waals surface area contributed by atoms with Crippen molar-refractivity contribution in [1.29, 1.82) is 0 Å². The number of halogens is 3. The first-order chi connectivity index (χ1) is 10.5. The third kappa shape index (κ3) is 2.31. The molecule has 0 saturated carbocycles. The number of alkyl halides is 2. The summed E-state index contributed by atoms with van der Waals surface area (Å²) in [5.41, 5.74) is 0.769. The highest BCUT2D eigenvalue weighted by Crippen LogP contribution is 2.34. The Kier molecular flexibility index (Phi) is 3.54. The molecule has 2 aromatic rings. The average molecular weight is 324 g/mol. The highest BCUT2D eigenvalue weighted by Gasteiger charge is 2.36. The predicted octanol–water partition coefficient (Wildman–Crippen LogP) is 3.74. The zero-order valence-electron chi connectivity index (χ0n) is 10.9. The Morgan fingerprint density at radius 2 is 1.59 bits per heavy atom. The number of hydrogen-bond acceptors (Lipinski definition) is 3. The van der Waals surface area contributed by atoms with Crippen molar-refractivity contribution in [3.63, 3.8) is 0 Å². The summed E-state index contributed by atoms with van der Waals surface area (Å²) >= 11 is 5.85. The van der Waals surface area contributed by atoms with Gasteiger partial charge in [0.15, 0.2) is 0 Å². The zero-order valence-corrected chi connectivity index (χ0v) is 11.7. The normalized spacial score (nSPS) is 13.7. The van der Waals surface area contributed by atoms with Gasteiger partial charge in [-0.15, -0.1) is 0 Å². The predicted molar refractivity (Wildman–Crippen MR) is 75.7 cm³/mol. The highest BCUT2D eigenvalue weighted by atomic mass is 35.5. The van der Waals surface area contributed by atoms with Crippen LogP contribution >= 0.6 is 11.6 Å². The minimum Gasteiger partial charge on any atom is -0.433 e. The van der Waals surface area contributed by atoms with Crippen molar-refractivity contribution in [3.8, 4) is 5.75 Å². The fraction of sp³-hybridized carbons (Fsp3) is 0.0667. The first-order valence-corrected chi connectivity index (χ1v) is 6.59. The van der Waals surface area contributed by atoms with Gasteiger partial charge in [-0.3, -0.25) is 9.59 Å². The van der Waals surface area contributed by atoms with Gasteiger partial charge in [-0.25, -0.2) is 4.90 Å². The molecule has 2 amide bonds. The van der Waals surface area contributed by atoms with E-state index in [1.54, 1.807) is 24.3 Å². The van der Waals surface area contributed by atoms with Gasteiger partial charge >= 0.3 is 6.61 Å². The molecule has 1 aliphatic heterocycles. The van der Waals surface area contributed by atoms with E-state index in [2.05, 4.69) is 4.74 Å². The van der Waals surface area contributed by atoms with E-state index in [4.69, 9.17) is 11.6 Å². The first-order valence-electron chi connectivity index (χ1n) is 6.21. The molecule has 1 aliphatic rings. The lowest BCUT2D eigenvalue weighted by molar-refractivity contribution is -0.0497. The van der Waals surface area contributed by atoms with Gasteiger partial charge in [0.1, 0.15) is 5.75 Å². The van der Waals surface area contributed by atoms with Gasteiger partial charge < -0.3 is 4.74 Å². The van der Waals surface area contributed by atoms with Gasteiger partial charge in [-0.1, -0.05) is 23.7 Å². The third-order valence-corrected chi connectivity index (χ3v) is 3.48. The SMILES string of the molecule is O=C1c2ccccc2C(=O)N1c1ccc(OC(F)F)c(Cl)c1. The minimum absolute atomic E-state index is 0.116. The minimum atomic E-state index is -3.01. The number of benzene rings is 2. The van der Waals surface area contributed by atoms with Crippen LogP contribution < -0.4 is 9.64 Å². The maximum Gasteiger partial charge on any atom is 0.387 e. The summed E-state index contributed by atoms with van der Waals surface area (Å²) in [5, 5.41) is -0.116. The number of rotatable bonds is 3. The van der Waals surface area contributed by atoms with E-state index in [1.807, 2.05) is 0 Å². The number of carbonyl (C=O) groups excluding carboxylic acids is 2. The van der Waals surface area contributed by atoms with Gasteiger partial charge in [-0.2, -0.15) is 8.78 Å². The fourth-order valence-electron chi connectivity index (χ4n) is 2.24. The molecule has 1 heterocycles. The van der Waals surface area contributed by atoms with Crippen LogP contribution in [0.3, 0.4) is 0 Å². The van der Waals surface area contributed by atoms with Crippen molar-refractivity contribution in [2.75, 3.05) is 4.90 Å². The second-order valence-corrected chi connectivity index (χ2v) is 4.89. The lowest BCUT2D eigenvalue weighted by Gasteiger charge is -2.15. The maximum atomic E-state index is 12.3. The largest absolute Gasteiger partial charge is 0.433 e. The van der Waals surface area contributed by atoms with Crippen LogP contribution in [0.2, 0.25) is 5.02 Å². The molecule has 0 saturated heterocycles. The maximum absolute atomic E-state index is 12.3. The van der Waals surface area contributed by atoms with Crippen LogP contribution in [0, 0.1) is 0 Å². The second-order valence-electron chi connectivity index (χ2n) is 4.48. The standard InChI is InChI=1S/C15H8ClF2NO3/c16-11-7-8(5-6-12(11)22-15(17)18)19-13(20)9-3-1-2-4-10(9)14(19)21/h1-7,15H. The van der Waals surface area contributed by atoms with Crippen molar-refractivity contribution < 1.29 is 23.1 Å². The number of hydrogen-bond donors (Lipinski definition) is 0. The molecule has 22 heavy (non-hydrogen) atoms. The molecule has 0 spiro atoms. The summed E-state index contributed by atoms with van der Waals surface area (Å²) in [6, 6.07) is 10.1. The van der Waals surface area contributed by atoms with Crippen molar-refractivity contribution in [2.45, 2.75) is 6.61 Å². The third-order valence-electron chi connectivity index (χ3n) is 3.18. The van der Waals surface area contributed by atoms with Crippen LogP contribution in [-0.2, 0) is 0 Å². The summed E-state index contributed by atoms with van der Waals surface area (Å²) in [6.45, 7) is -3.01. The number of imide groups is 1. The van der Waals surface area contributed by atoms with Gasteiger partial charge in [0.05, 0.1) is 21.8 Å². The Balaban J connectivity index is 1.98. The molecule has 0 unspecified atom stereocenters. The van der Waals surface area contributed by atoms with Crippen LogP contribution in [0.25, 0.3) is 0 Å². The Morgan fingerprint density at radius 3 is 2.09 bits per heavy atom. The van der Waals surface area contributed by atoms with Crippen molar-refractivity contribution >= 4 is 29.1 Å². The second kappa shape index (κ2) is 5.38. The van der Waals surface area contributed by atoms with Crippen molar-refractivity contribution in [1.82, 2.24) is 0 Å². The molecule has 7 heteroatoms. The van der Waals surface area contributed by atoms with Crippen LogP contribution in [0.5, 0.6) is 5.75 Å². The van der Waals surface area contributed by atoms with Gasteiger partial charge in [-0.05, 0) is 30.3 Å². The monoisotopic (exact) mass is 323 g/mol. The van der Waals surface area contributed by atoms with Gasteiger partial charge in [0.25, 0.3) is 11.8 Å². The van der Waals surface area contributed by atoms with Gasteiger partial charge in [0.2, 0.25) is 0 Å². The van der Waals surface area contributed by atoms with Gasteiger partial charge in [0, 0.05) is 0 Å². The molecule has 0 aliphatic carbocycles.